The SMILES string of the molecule is C=COC(=O)CC1CCC(OC(=O)CCCCCCCCCC)C(O)C1. The number of aliphatic hydroxyl groups excluding tert-OH is 1. The summed E-state index contributed by atoms with van der Waals surface area (Å²) in [6.07, 6.45) is 12.0. The normalized spacial score (nSPS) is 22.6. The summed E-state index contributed by atoms with van der Waals surface area (Å²) < 4.78 is 10.2. The summed E-state index contributed by atoms with van der Waals surface area (Å²) in [6.45, 7) is 5.57. The van der Waals surface area contributed by atoms with Gasteiger partial charge in [0.1, 0.15) is 6.10 Å². The molecular formula is C21H36O5. The van der Waals surface area contributed by atoms with E-state index in [1.807, 2.05) is 0 Å². The molecule has 0 bridgehead atoms. The molecule has 0 aromatic carbocycles. The van der Waals surface area contributed by atoms with Crippen LogP contribution in [0.15, 0.2) is 12.8 Å². The summed E-state index contributed by atoms with van der Waals surface area (Å²) in [5, 5.41) is 10.2. The van der Waals surface area contributed by atoms with E-state index in [1.54, 1.807) is 0 Å². The van der Waals surface area contributed by atoms with E-state index in [9.17, 15) is 14.7 Å². The molecule has 0 aromatic heterocycles. The second kappa shape index (κ2) is 13.8. The Morgan fingerprint density at radius 3 is 2.31 bits per heavy atom. The molecule has 0 spiro atoms. The lowest BCUT2D eigenvalue weighted by Gasteiger charge is -2.32. The zero-order chi connectivity index (χ0) is 19.2. The van der Waals surface area contributed by atoms with Crippen molar-refractivity contribution in [3.8, 4) is 0 Å². The van der Waals surface area contributed by atoms with Crippen molar-refractivity contribution in [2.24, 2.45) is 5.92 Å². The molecule has 1 fully saturated rings. The molecule has 0 amide bonds. The number of carbonyl (C=O) groups is 2. The van der Waals surface area contributed by atoms with Crippen molar-refractivity contribution >= 4 is 11.9 Å². The fourth-order valence-corrected chi connectivity index (χ4v) is 3.53. The molecule has 1 N–H and O–H groups in total. The molecular weight excluding hydrogens is 332 g/mol. The Kier molecular flexibility index (Phi) is 12.0. The summed E-state index contributed by atoms with van der Waals surface area (Å²) in [4.78, 5) is 23.4. The monoisotopic (exact) mass is 368 g/mol. The van der Waals surface area contributed by atoms with E-state index in [0.29, 0.717) is 19.3 Å². The molecule has 1 rings (SSSR count). The zero-order valence-electron chi connectivity index (χ0n) is 16.3. The van der Waals surface area contributed by atoms with Crippen LogP contribution >= 0.6 is 0 Å². The number of aliphatic hydroxyl groups is 1. The lowest BCUT2D eigenvalue weighted by atomic mass is 9.83. The van der Waals surface area contributed by atoms with Gasteiger partial charge >= 0.3 is 11.9 Å². The van der Waals surface area contributed by atoms with Crippen LogP contribution in [0.1, 0.15) is 90.4 Å². The molecule has 0 aromatic rings. The number of esters is 2. The number of hydrogen-bond donors (Lipinski definition) is 1. The smallest absolute Gasteiger partial charge is 0.310 e. The Hall–Kier alpha value is -1.36. The van der Waals surface area contributed by atoms with E-state index in [4.69, 9.17) is 9.47 Å². The van der Waals surface area contributed by atoms with Crippen molar-refractivity contribution in [2.75, 3.05) is 0 Å². The zero-order valence-corrected chi connectivity index (χ0v) is 16.3. The molecule has 5 nitrogen and oxygen atoms in total. The molecule has 1 aliphatic rings. The second-order valence-electron chi connectivity index (χ2n) is 7.36. The van der Waals surface area contributed by atoms with Crippen LogP contribution < -0.4 is 0 Å². The van der Waals surface area contributed by atoms with Gasteiger partial charge in [-0.15, -0.1) is 0 Å². The van der Waals surface area contributed by atoms with E-state index >= 15 is 0 Å². The van der Waals surface area contributed by atoms with Crippen molar-refractivity contribution in [1.29, 1.82) is 0 Å². The van der Waals surface area contributed by atoms with Gasteiger partial charge in [-0.1, -0.05) is 58.4 Å². The average Bonchev–Trinajstić information content (AvgIpc) is 2.60. The van der Waals surface area contributed by atoms with E-state index < -0.39 is 12.2 Å². The van der Waals surface area contributed by atoms with Crippen LogP contribution in [0.3, 0.4) is 0 Å². The maximum absolute atomic E-state index is 12.0. The number of unbranched alkanes of at least 4 members (excludes halogenated alkanes) is 7. The first kappa shape index (κ1) is 22.7. The minimum Gasteiger partial charge on any atom is -0.460 e. The topological polar surface area (TPSA) is 72.8 Å². The highest BCUT2D eigenvalue weighted by Crippen LogP contribution is 2.29. The minimum absolute atomic E-state index is 0.0695. The number of carbonyl (C=O) groups excluding carboxylic acids is 2. The Labute approximate surface area is 158 Å². The molecule has 5 heteroatoms. The summed E-state index contributed by atoms with van der Waals surface area (Å²) in [5.74, 6) is -0.480. The molecule has 0 radical (unpaired) electrons. The fourth-order valence-electron chi connectivity index (χ4n) is 3.53. The molecule has 26 heavy (non-hydrogen) atoms. The van der Waals surface area contributed by atoms with Gasteiger partial charge in [-0.05, 0) is 31.6 Å². The van der Waals surface area contributed by atoms with Crippen LogP contribution in [0.25, 0.3) is 0 Å². The van der Waals surface area contributed by atoms with Gasteiger partial charge in [0, 0.05) is 12.8 Å². The number of hydrogen-bond acceptors (Lipinski definition) is 5. The maximum atomic E-state index is 12.0. The third-order valence-corrected chi connectivity index (χ3v) is 5.05. The van der Waals surface area contributed by atoms with Gasteiger partial charge in [0.05, 0.1) is 12.4 Å². The van der Waals surface area contributed by atoms with Crippen molar-refractivity contribution < 1.29 is 24.2 Å². The minimum atomic E-state index is -0.701. The quantitative estimate of drug-likeness (QED) is 0.291. The predicted molar refractivity (Wildman–Crippen MR) is 101 cm³/mol. The third-order valence-electron chi connectivity index (χ3n) is 5.05. The highest BCUT2D eigenvalue weighted by molar-refractivity contribution is 5.70. The van der Waals surface area contributed by atoms with Crippen molar-refractivity contribution in [3.05, 3.63) is 12.8 Å². The average molecular weight is 369 g/mol. The molecule has 0 heterocycles. The Bertz CT molecular complexity index is 421. The maximum Gasteiger partial charge on any atom is 0.310 e. The van der Waals surface area contributed by atoms with Crippen LogP contribution in [0.4, 0.5) is 0 Å². The van der Waals surface area contributed by atoms with Gasteiger partial charge < -0.3 is 14.6 Å². The van der Waals surface area contributed by atoms with Crippen LogP contribution in [-0.2, 0) is 19.1 Å². The van der Waals surface area contributed by atoms with Gasteiger partial charge in [0.25, 0.3) is 0 Å². The molecule has 1 saturated carbocycles. The van der Waals surface area contributed by atoms with Crippen molar-refractivity contribution in [2.45, 2.75) is 103 Å². The number of ether oxygens (including phenoxy) is 2. The molecule has 3 atom stereocenters. The first-order chi connectivity index (χ1) is 12.6. The standard InChI is InChI=1S/C21H36O5/c1-3-5-6-7-8-9-10-11-12-20(23)26-19-14-13-17(15-18(19)22)16-21(24)25-4-2/h4,17-19,22H,2-3,5-16H2,1H3. The molecule has 150 valence electrons. The van der Waals surface area contributed by atoms with Crippen LogP contribution in [-0.4, -0.2) is 29.3 Å². The van der Waals surface area contributed by atoms with Gasteiger partial charge in [-0.3, -0.25) is 9.59 Å². The highest BCUT2D eigenvalue weighted by Gasteiger charge is 2.32. The lowest BCUT2D eigenvalue weighted by Crippen LogP contribution is -2.37. The fraction of sp³-hybridized carbons (Fsp3) is 0.810. The second-order valence-corrected chi connectivity index (χ2v) is 7.36. The number of rotatable bonds is 13. The van der Waals surface area contributed by atoms with Gasteiger partial charge in [-0.25, -0.2) is 0 Å². The summed E-state index contributed by atoms with van der Waals surface area (Å²) >= 11 is 0. The van der Waals surface area contributed by atoms with Crippen LogP contribution in [0.5, 0.6) is 0 Å². The van der Waals surface area contributed by atoms with E-state index in [1.165, 1.54) is 38.5 Å². The largest absolute Gasteiger partial charge is 0.460 e. The van der Waals surface area contributed by atoms with Crippen molar-refractivity contribution in [3.63, 3.8) is 0 Å². The Balaban J connectivity index is 2.11. The van der Waals surface area contributed by atoms with E-state index in [2.05, 4.69) is 13.5 Å². The summed E-state index contributed by atoms with van der Waals surface area (Å²) in [5.41, 5.74) is 0. The summed E-state index contributed by atoms with van der Waals surface area (Å²) in [7, 11) is 0. The van der Waals surface area contributed by atoms with Gasteiger partial charge in [0.2, 0.25) is 0 Å². The Morgan fingerprint density at radius 2 is 1.69 bits per heavy atom. The van der Waals surface area contributed by atoms with Crippen molar-refractivity contribution in [1.82, 2.24) is 0 Å². The van der Waals surface area contributed by atoms with Gasteiger partial charge in [0.15, 0.2) is 0 Å². The van der Waals surface area contributed by atoms with Gasteiger partial charge in [-0.2, -0.15) is 0 Å². The first-order valence-electron chi connectivity index (χ1n) is 10.2. The molecule has 1 aliphatic carbocycles. The van der Waals surface area contributed by atoms with Crippen LogP contribution in [0, 0.1) is 5.92 Å². The first-order valence-corrected chi connectivity index (χ1v) is 10.2. The molecule has 0 saturated heterocycles. The van der Waals surface area contributed by atoms with Crippen LogP contribution in [0.2, 0.25) is 0 Å². The third kappa shape index (κ3) is 9.95. The predicted octanol–water partition coefficient (Wildman–Crippen LogP) is 4.67. The molecule has 3 unspecified atom stereocenters. The summed E-state index contributed by atoms with van der Waals surface area (Å²) in [6, 6.07) is 0. The van der Waals surface area contributed by atoms with E-state index in [-0.39, 0.29) is 24.3 Å². The Morgan fingerprint density at radius 1 is 1.04 bits per heavy atom. The van der Waals surface area contributed by atoms with E-state index in [0.717, 1.165) is 25.5 Å². The molecule has 0 aliphatic heterocycles. The highest BCUT2D eigenvalue weighted by atomic mass is 16.6. The lowest BCUT2D eigenvalue weighted by molar-refractivity contribution is -0.160.